The summed E-state index contributed by atoms with van der Waals surface area (Å²) in [5.41, 5.74) is 6.81. The number of aromatic nitrogens is 1. The zero-order chi connectivity index (χ0) is 8.55. The fraction of sp³-hybridized carbons (Fsp3) is 0. The van der Waals surface area contributed by atoms with Crippen LogP contribution in [-0.2, 0) is 0 Å². The highest BCUT2D eigenvalue weighted by molar-refractivity contribution is 6.33. The van der Waals surface area contributed by atoms with E-state index in [0.29, 0.717) is 5.82 Å². The molecule has 0 aliphatic carbocycles. The number of nitrogens with two attached hydrogens (primary N) is 1. The number of hydrogen-bond donors (Lipinski definition) is 1. The lowest BCUT2D eigenvalue weighted by atomic mass is 9.94. The van der Waals surface area contributed by atoms with Gasteiger partial charge < -0.3 is 5.73 Å². The van der Waals surface area contributed by atoms with Gasteiger partial charge in [-0.3, -0.25) is 0 Å². The van der Waals surface area contributed by atoms with Crippen molar-refractivity contribution in [3.63, 3.8) is 0 Å². The highest BCUT2D eigenvalue weighted by Crippen LogP contribution is 2.12. The summed E-state index contributed by atoms with van der Waals surface area (Å²) >= 11 is 0. The maximum absolute atomic E-state index is 5.56. The molecule has 0 radical (unpaired) electrons. The van der Waals surface area contributed by atoms with Crippen LogP contribution in [-0.4, -0.2) is 12.8 Å². The Morgan fingerprint density at radius 3 is 2.83 bits per heavy atom. The molecular formula is C9H9BN2. The van der Waals surface area contributed by atoms with Crippen LogP contribution in [0.5, 0.6) is 0 Å². The Hall–Kier alpha value is -1.51. The van der Waals surface area contributed by atoms with Crippen molar-refractivity contribution < 1.29 is 0 Å². The van der Waals surface area contributed by atoms with Gasteiger partial charge in [0.15, 0.2) is 0 Å². The topological polar surface area (TPSA) is 38.9 Å². The number of anilines is 1. The Balaban J connectivity index is 2.80. The van der Waals surface area contributed by atoms with Crippen LogP contribution < -0.4 is 11.2 Å². The van der Waals surface area contributed by atoms with E-state index in [0.717, 1.165) is 10.8 Å². The summed E-state index contributed by atoms with van der Waals surface area (Å²) in [4.78, 5) is 4.01. The standard InChI is InChI=1S/C9H9BN2/c10-8-2-1-6-5-12-9(11)4-7(6)3-8/h1-5H,10H2,(H2,11,12). The zero-order valence-electron chi connectivity index (χ0n) is 6.91. The molecule has 2 nitrogen and oxygen atoms in total. The smallest absolute Gasteiger partial charge is 0.139 e. The first kappa shape index (κ1) is 7.16. The second-order valence-corrected chi connectivity index (χ2v) is 2.96. The molecule has 0 saturated carbocycles. The normalized spacial score (nSPS) is 10.3. The number of rotatable bonds is 0. The van der Waals surface area contributed by atoms with E-state index in [1.54, 1.807) is 6.20 Å². The molecule has 2 rings (SSSR count). The lowest BCUT2D eigenvalue weighted by Gasteiger charge is -1.99. The molecule has 0 fully saturated rings. The average molecular weight is 156 g/mol. The van der Waals surface area contributed by atoms with Gasteiger partial charge in [0.2, 0.25) is 0 Å². The van der Waals surface area contributed by atoms with Crippen molar-refractivity contribution in [3.05, 3.63) is 30.5 Å². The molecule has 0 amide bonds. The second-order valence-electron chi connectivity index (χ2n) is 2.96. The third-order valence-corrected chi connectivity index (χ3v) is 1.90. The molecular weight excluding hydrogens is 147 g/mol. The molecule has 0 aliphatic heterocycles. The molecule has 0 saturated heterocycles. The van der Waals surface area contributed by atoms with Gasteiger partial charge in [0.05, 0.1) is 0 Å². The van der Waals surface area contributed by atoms with E-state index in [9.17, 15) is 0 Å². The molecule has 0 unspecified atom stereocenters. The number of hydrogen-bond acceptors (Lipinski definition) is 2. The van der Waals surface area contributed by atoms with Gasteiger partial charge in [-0.15, -0.1) is 0 Å². The van der Waals surface area contributed by atoms with Crippen LogP contribution >= 0.6 is 0 Å². The Morgan fingerprint density at radius 2 is 2.00 bits per heavy atom. The van der Waals surface area contributed by atoms with Gasteiger partial charge >= 0.3 is 0 Å². The maximum atomic E-state index is 5.56. The molecule has 1 aromatic heterocycles. The van der Waals surface area contributed by atoms with Crippen molar-refractivity contribution in [2.24, 2.45) is 0 Å². The molecule has 12 heavy (non-hydrogen) atoms. The molecule has 2 N–H and O–H groups in total. The highest BCUT2D eigenvalue weighted by atomic mass is 14.8. The van der Waals surface area contributed by atoms with Crippen LogP contribution in [0.1, 0.15) is 0 Å². The average Bonchev–Trinajstić information content (AvgIpc) is 2.03. The van der Waals surface area contributed by atoms with Crippen LogP contribution in [0.15, 0.2) is 30.5 Å². The number of pyridine rings is 1. The molecule has 2 aromatic rings. The molecule has 58 valence electrons. The van der Waals surface area contributed by atoms with Crippen LogP contribution in [0.2, 0.25) is 0 Å². The zero-order valence-corrected chi connectivity index (χ0v) is 6.91. The second kappa shape index (κ2) is 2.52. The predicted molar refractivity (Wildman–Crippen MR) is 54.3 cm³/mol. The Bertz CT molecular complexity index is 389. The number of fused-ring (bicyclic) bond motifs is 1. The van der Waals surface area contributed by atoms with Crippen molar-refractivity contribution in [1.29, 1.82) is 0 Å². The van der Waals surface area contributed by atoms with E-state index in [4.69, 9.17) is 5.73 Å². The van der Waals surface area contributed by atoms with Crippen molar-refractivity contribution in [2.75, 3.05) is 5.73 Å². The first-order valence-electron chi connectivity index (χ1n) is 3.87. The molecule has 0 atom stereocenters. The highest BCUT2D eigenvalue weighted by Gasteiger charge is 1.94. The van der Waals surface area contributed by atoms with Crippen LogP contribution in [0.25, 0.3) is 10.8 Å². The molecule has 1 heterocycles. The van der Waals surface area contributed by atoms with Gasteiger partial charge in [-0.1, -0.05) is 23.7 Å². The Labute approximate surface area is 71.8 Å². The minimum Gasteiger partial charge on any atom is -0.384 e. The quantitative estimate of drug-likeness (QED) is 0.548. The predicted octanol–water partition coefficient (Wildman–Crippen LogP) is 0.0754. The van der Waals surface area contributed by atoms with E-state index in [1.807, 2.05) is 6.07 Å². The van der Waals surface area contributed by atoms with E-state index < -0.39 is 0 Å². The summed E-state index contributed by atoms with van der Waals surface area (Å²) < 4.78 is 0. The molecule has 0 bridgehead atoms. The van der Waals surface area contributed by atoms with Crippen molar-refractivity contribution in [3.8, 4) is 0 Å². The lowest BCUT2D eigenvalue weighted by Crippen LogP contribution is -2.00. The molecule has 0 spiro atoms. The fourth-order valence-corrected chi connectivity index (χ4v) is 1.28. The van der Waals surface area contributed by atoms with Gasteiger partial charge in [-0.05, 0) is 11.5 Å². The van der Waals surface area contributed by atoms with Crippen molar-refractivity contribution in [1.82, 2.24) is 4.98 Å². The summed E-state index contributed by atoms with van der Waals surface area (Å²) in [6.07, 6.45) is 1.80. The van der Waals surface area contributed by atoms with Gasteiger partial charge in [0.1, 0.15) is 13.7 Å². The summed E-state index contributed by atoms with van der Waals surface area (Å²) in [6, 6.07) is 8.12. The third kappa shape index (κ3) is 1.14. The summed E-state index contributed by atoms with van der Waals surface area (Å²) in [5.74, 6) is 0.577. The number of nitrogens with zero attached hydrogens (tertiary/aromatic N) is 1. The largest absolute Gasteiger partial charge is 0.384 e. The maximum Gasteiger partial charge on any atom is 0.139 e. The SMILES string of the molecule is Bc1ccc2cnc(N)cc2c1. The first-order valence-corrected chi connectivity index (χ1v) is 3.87. The number of nitrogen functional groups attached to an aromatic ring is 1. The molecule has 0 aliphatic rings. The molecule has 3 heteroatoms. The van der Waals surface area contributed by atoms with E-state index in [1.165, 1.54) is 5.46 Å². The van der Waals surface area contributed by atoms with E-state index >= 15 is 0 Å². The van der Waals surface area contributed by atoms with Crippen molar-refractivity contribution >= 4 is 29.9 Å². The summed E-state index contributed by atoms with van der Waals surface area (Å²) in [7, 11) is 2.07. The molecule has 1 aromatic carbocycles. The monoisotopic (exact) mass is 156 g/mol. The minimum atomic E-state index is 0.577. The lowest BCUT2D eigenvalue weighted by molar-refractivity contribution is 1.37. The summed E-state index contributed by atoms with van der Waals surface area (Å²) in [6.45, 7) is 0. The van der Waals surface area contributed by atoms with E-state index in [2.05, 4.69) is 31.0 Å². The van der Waals surface area contributed by atoms with Crippen LogP contribution in [0.4, 0.5) is 5.82 Å². The van der Waals surface area contributed by atoms with Gasteiger partial charge in [0, 0.05) is 11.6 Å². The van der Waals surface area contributed by atoms with Gasteiger partial charge in [-0.25, -0.2) is 4.98 Å². The Kier molecular flexibility index (Phi) is 1.50. The van der Waals surface area contributed by atoms with E-state index in [-0.39, 0.29) is 0 Å². The van der Waals surface area contributed by atoms with Crippen LogP contribution in [0.3, 0.4) is 0 Å². The summed E-state index contributed by atoms with van der Waals surface area (Å²) in [5, 5.41) is 2.29. The third-order valence-electron chi connectivity index (χ3n) is 1.90. The van der Waals surface area contributed by atoms with Crippen molar-refractivity contribution in [2.45, 2.75) is 0 Å². The Morgan fingerprint density at radius 1 is 1.17 bits per heavy atom. The number of benzene rings is 1. The minimum absolute atomic E-state index is 0.577. The van der Waals surface area contributed by atoms with Gasteiger partial charge in [-0.2, -0.15) is 0 Å². The van der Waals surface area contributed by atoms with Gasteiger partial charge in [0.25, 0.3) is 0 Å². The fourth-order valence-electron chi connectivity index (χ4n) is 1.28. The first-order chi connectivity index (χ1) is 5.75. The van der Waals surface area contributed by atoms with Crippen LogP contribution in [0, 0.1) is 0 Å².